The van der Waals surface area contributed by atoms with E-state index in [-0.39, 0.29) is 11.6 Å². The maximum absolute atomic E-state index is 11.9. The molecule has 1 aliphatic rings. The van der Waals surface area contributed by atoms with Crippen molar-refractivity contribution in [1.82, 2.24) is 15.1 Å². The third-order valence-electron chi connectivity index (χ3n) is 3.12. The standard InChI is InChI=1S/C11H23N3O/c1-5-11(2,3)12-10(15)14-8-6-13(4)7-9-14/h5-9H2,1-4H3,(H,12,15). The molecule has 88 valence electrons. The number of carbonyl (C=O) groups excluding carboxylic acids is 1. The van der Waals surface area contributed by atoms with Crippen molar-refractivity contribution in [2.24, 2.45) is 0 Å². The lowest BCUT2D eigenvalue weighted by molar-refractivity contribution is 0.147. The Hall–Kier alpha value is -0.770. The Bertz CT molecular complexity index is 220. The molecule has 0 unspecified atom stereocenters. The predicted molar refractivity (Wildman–Crippen MR) is 62.0 cm³/mol. The van der Waals surface area contributed by atoms with Gasteiger partial charge in [0.15, 0.2) is 0 Å². The molecule has 15 heavy (non-hydrogen) atoms. The molecular weight excluding hydrogens is 190 g/mol. The second kappa shape index (κ2) is 4.84. The van der Waals surface area contributed by atoms with Gasteiger partial charge in [-0.3, -0.25) is 0 Å². The summed E-state index contributed by atoms with van der Waals surface area (Å²) in [6.07, 6.45) is 0.951. The van der Waals surface area contributed by atoms with Crippen LogP contribution >= 0.6 is 0 Å². The lowest BCUT2D eigenvalue weighted by Crippen LogP contribution is -2.55. The van der Waals surface area contributed by atoms with E-state index < -0.39 is 0 Å². The monoisotopic (exact) mass is 213 g/mol. The Labute approximate surface area is 92.6 Å². The minimum absolute atomic E-state index is 0.0787. The summed E-state index contributed by atoms with van der Waals surface area (Å²) in [5.41, 5.74) is -0.0968. The van der Waals surface area contributed by atoms with E-state index in [9.17, 15) is 4.79 Å². The number of nitrogens with one attached hydrogen (secondary N) is 1. The molecule has 4 heteroatoms. The first kappa shape index (κ1) is 12.3. The van der Waals surface area contributed by atoms with Crippen LogP contribution in [0.3, 0.4) is 0 Å². The van der Waals surface area contributed by atoms with Crippen LogP contribution in [0.25, 0.3) is 0 Å². The number of nitrogens with zero attached hydrogens (tertiary/aromatic N) is 2. The van der Waals surface area contributed by atoms with Gasteiger partial charge in [0, 0.05) is 31.7 Å². The highest BCUT2D eigenvalue weighted by molar-refractivity contribution is 5.75. The van der Waals surface area contributed by atoms with Crippen LogP contribution in [0.5, 0.6) is 0 Å². The van der Waals surface area contributed by atoms with Gasteiger partial charge in [-0.25, -0.2) is 4.79 Å². The summed E-state index contributed by atoms with van der Waals surface area (Å²) in [5, 5.41) is 3.06. The van der Waals surface area contributed by atoms with E-state index in [0.29, 0.717) is 0 Å². The summed E-state index contributed by atoms with van der Waals surface area (Å²) in [4.78, 5) is 16.0. The number of hydrogen-bond donors (Lipinski definition) is 1. The summed E-state index contributed by atoms with van der Waals surface area (Å²) in [7, 11) is 2.09. The third-order valence-corrected chi connectivity index (χ3v) is 3.12. The van der Waals surface area contributed by atoms with E-state index in [0.717, 1.165) is 32.6 Å². The maximum Gasteiger partial charge on any atom is 0.317 e. The van der Waals surface area contributed by atoms with Crippen molar-refractivity contribution in [3.8, 4) is 0 Å². The number of likely N-dealkylation sites (N-methyl/N-ethyl adjacent to an activating group) is 1. The zero-order valence-corrected chi connectivity index (χ0v) is 10.3. The molecule has 1 rings (SSSR count). The third kappa shape index (κ3) is 3.70. The van der Waals surface area contributed by atoms with Gasteiger partial charge in [-0.2, -0.15) is 0 Å². The number of rotatable bonds is 2. The van der Waals surface area contributed by atoms with Crippen LogP contribution in [-0.2, 0) is 0 Å². The van der Waals surface area contributed by atoms with Gasteiger partial charge in [0.05, 0.1) is 0 Å². The van der Waals surface area contributed by atoms with Crippen LogP contribution in [0.1, 0.15) is 27.2 Å². The summed E-state index contributed by atoms with van der Waals surface area (Å²) < 4.78 is 0. The van der Waals surface area contributed by atoms with Gasteiger partial charge in [0.2, 0.25) is 0 Å². The van der Waals surface area contributed by atoms with E-state index in [4.69, 9.17) is 0 Å². The minimum Gasteiger partial charge on any atom is -0.333 e. The van der Waals surface area contributed by atoms with Crippen LogP contribution < -0.4 is 5.32 Å². The predicted octanol–water partition coefficient (Wildman–Crippen LogP) is 1.13. The lowest BCUT2D eigenvalue weighted by Gasteiger charge is -2.35. The highest BCUT2D eigenvalue weighted by Gasteiger charge is 2.24. The molecule has 2 amide bonds. The normalized spacial score (nSPS) is 19.1. The van der Waals surface area contributed by atoms with Gasteiger partial charge in [0.1, 0.15) is 0 Å². The summed E-state index contributed by atoms with van der Waals surface area (Å²) in [6, 6.07) is 0.0787. The number of urea groups is 1. The average molecular weight is 213 g/mol. The van der Waals surface area contributed by atoms with Crippen molar-refractivity contribution >= 4 is 6.03 Å². The van der Waals surface area contributed by atoms with Crippen molar-refractivity contribution in [1.29, 1.82) is 0 Å². The molecule has 1 fully saturated rings. The molecule has 0 radical (unpaired) electrons. The Kier molecular flexibility index (Phi) is 3.97. The van der Waals surface area contributed by atoms with E-state index in [2.05, 4.69) is 38.0 Å². The largest absolute Gasteiger partial charge is 0.333 e. The summed E-state index contributed by atoms with van der Waals surface area (Å²) >= 11 is 0. The molecule has 0 atom stereocenters. The van der Waals surface area contributed by atoms with Crippen LogP contribution in [0.4, 0.5) is 4.79 Å². The smallest absolute Gasteiger partial charge is 0.317 e. The first-order valence-electron chi connectivity index (χ1n) is 5.70. The molecule has 0 aliphatic carbocycles. The van der Waals surface area contributed by atoms with Crippen LogP contribution in [0, 0.1) is 0 Å². The average Bonchev–Trinajstić information content (AvgIpc) is 2.18. The van der Waals surface area contributed by atoms with Crippen molar-refractivity contribution in [2.75, 3.05) is 33.2 Å². The minimum atomic E-state index is -0.0968. The van der Waals surface area contributed by atoms with Crippen molar-refractivity contribution < 1.29 is 4.79 Å². The van der Waals surface area contributed by atoms with Crippen molar-refractivity contribution in [3.05, 3.63) is 0 Å². The molecule has 1 N–H and O–H groups in total. The van der Waals surface area contributed by atoms with Gasteiger partial charge in [-0.15, -0.1) is 0 Å². The lowest BCUT2D eigenvalue weighted by atomic mass is 10.0. The Balaban J connectivity index is 2.41. The molecule has 1 aliphatic heterocycles. The molecule has 0 aromatic rings. The summed E-state index contributed by atoms with van der Waals surface area (Å²) in [6.45, 7) is 9.82. The Morgan fingerprint density at radius 1 is 1.27 bits per heavy atom. The van der Waals surface area contributed by atoms with Gasteiger partial charge in [0.25, 0.3) is 0 Å². The number of amides is 2. The molecule has 4 nitrogen and oxygen atoms in total. The second-order valence-electron chi connectivity index (χ2n) is 4.96. The zero-order valence-electron chi connectivity index (χ0n) is 10.3. The van der Waals surface area contributed by atoms with Crippen molar-refractivity contribution in [2.45, 2.75) is 32.7 Å². The van der Waals surface area contributed by atoms with Crippen LogP contribution in [0.2, 0.25) is 0 Å². The summed E-state index contributed by atoms with van der Waals surface area (Å²) in [5.74, 6) is 0. The molecule has 1 saturated heterocycles. The quantitative estimate of drug-likeness (QED) is 0.746. The highest BCUT2D eigenvalue weighted by atomic mass is 16.2. The van der Waals surface area contributed by atoms with Crippen LogP contribution in [0.15, 0.2) is 0 Å². The molecule has 0 aromatic heterocycles. The molecule has 0 saturated carbocycles. The van der Waals surface area contributed by atoms with Crippen LogP contribution in [-0.4, -0.2) is 54.6 Å². The first-order valence-corrected chi connectivity index (χ1v) is 5.70. The molecular formula is C11H23N3O. The van der Waals surface area contributed by atoms with Gasteiger partial charge < -0.3 is 15.1 Å². The molecule has 0 bridgehead atoms. The second-order valence-corrected chi connectivity index (χ2v) is 4.96. The number of carbonyl (C=O) groups is 1. The fourth-order valence-corrected chi connectivity index (χ4v) is 1.47. The topological polar surface area (TPSA) is 35.6 Å². The van der Waals surface area contributed by atoms with Gasteiger partial charge in [-0.05, 0) is 27.3 Å². The Morgan fingerprint density at radius 3 is 2.27 bits per heavy atom. The number of hydrogen-bond acceptors (Lipinski definition) is 2. The zero-order chi connectivity index (χ0) is 11.5. The van der Waals surface area contributed by atoms with E-state index in [1.807, 2.05) is 4.90 Å². The highest BCUT2D eigenvalue weighted by Crippen LogP contribution is 2.08. The van der Waals surface area contributed by atoms with Crippen molar-refractivity contribution in [3.63, 3.8) is 0 Å². The van der Waals surface area contributed by atoms with E-state index >= 15 is 0 Å². The molecule has 0 aromatic carbocycles. The fraction of sp³-hybridized carbons (Fsp3) is 0.909. The molecule has 1 heterocycles. The van der Waals surface area contributed by atoms with E-state index in [1.165, 1.54) is 0 Å². The maximum atomic E-state index is 11.9. The fourth-order valence-electron chi connectivity index (χ4n) is 1.47. The van der Waals surface area contributed by atoms with Gasteiger partial charge >= 0.3 is 6.03 Å². The molecule has 0 spiro atoms. The number of piperazine rings is 1. The van der Waals surface area contributed by atoms with E-state index in [1.54, 1.807) is 0 Å². The SMILES string of the molecule is CCC(C)(C)NC(=O)N1CCN(C)CC1. The van der Waals surface area contributed by atoms with Gasteiger partial charge in [-0.1, -0.05) is 6.92 Å². The first-order chi connectivity index (χ1) is 6.94. The Morgan fingerprint density at radius 2 is 1.80 bits per heavy atom.